The molecule has 0 bridgehead atoms. The van der Waals surface area contributed by atoms with Crippen LogP contribution in [-0.2, 0) is 0 Å². The Morgan fingerprint density at radius 1 is 1.11 bits per heavy atom. The number of aryl methyl sites for hydroxylation is 1. The van der Waals surface area contributed by atoms with Gasteiger partial charge in [-0.1, -0.05) is 29.8 Å². The maximum atomic E-state index is 12.8. The molecule has 138 valence electrons. The third-order valence-electron chi connectivity index (χ3n) is 3.95. The number of aromatic amines is 1. The molecule has 0 aliphatic rings. The molecule has 0 aliphatic carbocycles. The third-order valence-corrected chi connectivity index (χ3v) is 3.95. The first-order valence-corrected chi connectivity index (χ1v) is 8.46. The molecule has 1 amide bonds. The van der Waals surface area contributed by atoms with Gasteiger partial charge in [-0.25, -0.2) is 9.36 Å². The molecule has 0 spiro atoms. The molecule has 2 aromatic carbocycles. The molecule has 2 N–H and O–H groups in total. The van der Waals surface area contributed by atoms with Crippen LogP contribution in [0.1, 0.15) is 22.8 Å². The molecule has 27 heavy (non-hydrogen) atoms. The lowest BCUT2D eigenvalue weighted by Crippen LogP contribution is -2.38. The van der Waals surface area contributed by atoms with Gasteiger partial charge in [-0.15, -0.1) is 0 Å². The van der Waals surface area contributed by atoms with E-state index in [0.29, 0.717) is 23.7 Å². The van der Waals surface area contributed by atoms with Gasteiger partial charge in [-0.05, 0) is 38.1 Å². The predicted octanol–water partition coefficient (Wildman–Crippen LogP) is 2.49. The Morgan fingerprint density at radius 2 is 1.81 bits per heavy atom. The van der Waals surface area contributed by atoms with Crippen molar-refractivity contribution in [2.24, 2.45) is 0 Å². The molecular formula is C20H19N3O4. The highest BCUT2D eigenvalue weighted by Gasteiger charge is 2.17. The van der Waals surface area contributed by atoms with E-state index in [1.54, 1.807) is 48.5 Å². The van der Waals surface area contributed by atoms with Crippen LogP contribution in [0.5, 0.6) is 5.75 Å². The second kappa shape index (κ2) is 7.74. The Labute approximate surface area is 155 Å². The summed E-state index contributed by atoms with van der Waals surface area (Å²) < 4.78 is 6.40. The average Bonchev–Trinajstić information content (AvgIpc) is 2.65. The van der Waals surface area contributed by atoms with Crippen molar-refractivity contribution in [3.63, 3.8) is 0 Å². The van der Waals surface area contributed by atoms with Crippen LogP contribution in [0.2, 0.25) is 0 Å². The van der Waals surface area contributed by atoms with Crippen molar-refractivity contribution in [3.05, 3.63) is 86.7 Å². The van der Waals surface area contributed by atoms with Crippen molar-refractivity contribution in [2.45, 2.75) is 13.8 Å². The fraction of sp³-hybridized carbons (Fsp3) is 0.150. The highest BCUT2D eigenvalue weighted by Crippen LogP contribution is 2.23. The number of carbonyl (C=O) groups excluding carboxylic acids is 1. The van der Waals surface area contributed by atoms with Crippen molar-refractivity contribution in [1.82, 2.24) is 9.55 Å². The molecule has 0 atom stereocenters. The van der Waals surface area contributed by atoms with Crippen LogP contribution < -0.4 is 21.3 Å². The van der Waals surface area contributed by atoms with Gasteiger partial charge in [0.1, 0.15) is 11.3 Å². The van der Waals surface area contributed by atoms with Gasteiger partial charge in [0, 0.05) is 6.20 Å². The smallest absolute Gasteiger partial charge is 0.333 e. The first-order chi connectivity index (χ1) is 13.0. The Balaban J connectivity index is 2.00. The molecular weight excluding hydrogens is 346 g/mol. The van der Waals surface area contributed by atoms with Crippen LogP contribution in [0, 0.1) is 6.92 Å². The highest BCUT2D eigenvalue weighted by molar-refractivity contribution is 6.04. The summed E-state index contributed by atoms with van der Waals surface area (Å²) in [5.74, 6) is -0.138. The molecule has 0 unspecified atom stereocenters. The van der Waals surface area contributed by atoms with Gasteiger partial charge in [0.25, 0.3) is 11.5 Å². The van der Waals surface area contributed by atoms with Crippen LogP contribution in [0.25, 0.3) is 5.69 Å². The molecule has 0 aliphatic heterocycles. The average molecular weight is 365 g/mol. The topological polar surface area (TPSA) is 93.2 Å². The second-order valence-corrected chi connectivity index (χ2v) is 5.87. The summed E-state index contributed by atoms with van der Waals surface area (Å²) >= 11 is 0. The number of H-pyrrole nitrogens is 1. The lowest BCUT2D eigenvalue weighted by atomic mass is 10.2. The van der Waals surface area contributed by atoms with Crippen molar-refractivity contribution in [2.75, 3.05) is 11.9 Å². The Morgan fingerprint density at radius 3 is 2.52 bits per heavy atom. The van der Waals surface area contributed by atoms with Crippen molar-refractivity contribution in [3.8, 4) is 11.4 Å². The number of nitrogens with zero attached hydrogens (tertiary/aromatic N) is 1. The molecule has 0 radical (unpaired) electrons. The van der Waals surface area contributed by atoms with Crippen LogP contribution in [0.15, 0.2) is 64.3 Å². The van der Waals surface area contributed by atoms with E-state index in [9.17, 15) is 14.4 Å². The number of carbonyl (C=O) groups is 1. The summed E-state index contributed by atoms with van der Waals surface area (Å²) in [4.78, 5) is 40.0. The van der Waals surface area contributed by atoms with E-state index < -0.39 is 17.2 Å². The van der Waals surface area contributed by atoms with Gasteiger partial charge < -0.3 is 15.0 Å². The molecule has 0 saturated heterocycles. The number of ether oxygens (including phenoxy) is 1. The van der Waals surface area contributed by atoms with E-state index in [-0.39, 0.29) is 5.56 Å². The molecule has 1 aromatic heterocycles. The SMILES string of the molecule is CCOc1ccccc1NC(=O)c1c[nH]c(=O)n(-c2ccc(C)cc2)c1=O. The number of nitrogens with one attached hydrogen (secondary N) is 2. The number of aromatic nitrogens is 2. The zero-order chi connectivity index (χ0) is 19.4. The maximum absolute atomic E-state index is 12.8. The fourth-order valence-electron chi connectivity index (χ4n) is 2.60. The lowest BCUT2D eigenvalue weighted by molar-refractivity contribution is 0.102. The predicted molar refractivity (Wildman–Crippen MR) is 103 cm³/mol. The third kappa shape index (κ3) is 3.82. The van der Waals surface area contributed by atoms with Crippen LogP contribution in [-0.4, -0.2) is 22.1 Å². The van der Waals surface area contributed by atoms with Gasteiger partial charge in [-0.3, -0.25) is 9.59 Å². The fourth-order valence-corrected chi connectivity index (χ4v) is 2.60. The van der Waals surface area contributed by atoms with Crippen molar-refractivity contribution >= 4 is 11.6 Å². The maximum Gasteiger partial charge on any atom is 0.333 e. The lowest BCUT2D eigenvalue weighted by Gasteiger charge is -2.11. The van der Waals surface area contributed by atoms with Crippen LogP contribution >= 0.6 is 0 Å². The molecule has 3 rings (SSSR count). The standard InChI is InChI=1S/C20H19N3O4/c1-3-27-17-7-5-4-6-16(17)22-18(24)15-12-21-20(26)23(19(15)25)14-10-8-13(2)9-11-14/h4-12H,3H2,1-2H3,(H,21,26)(H,22,24). The number of para-hydroxylation sites is 2. The monoisotopic (exact) mass is 365 g/mol. The van der Waals surface area contributed by atoms with Gasteiger partial charge in [-0.2, -0.15) is 0 Å². The van der Waals surface area contributed by atoms with E-state index in [4.69, 9.17) is 4.74 Å². The second-order valence-electron chi connectivity index (χ2n) is 5.87. The summed E-state index contributed by atoms with van der Waals surface area (Å²) in [5, 5.41) is 2.66. The summed E-state index contributed by atoms with van der Waals surface area (Å²) in [7, 11) is 0. The van der Waals surface area contributed by atoms with E-state index in [2.05, 4.69) is 10.3 Å². The minimum absolute atomic E-state index is 0.179. The Kier molecular flexibility index (Phi) is 5.21. The molecule has 1 heterocycles. The first-order valence-electron chi connectivity index (χ1n) is 8.46. The number of anilines is 1. The molecule has 7 nitrogen and oxygen atoms in total. The van der Waals surface area contributed by atoms with Crippen molar-refractivity contribution < 1.29 is 9.53 Å². The number of amides is 1. The number of hydrogen-bond acceptors (Lipinski definition) is 4. The zero-order valence-electron chi connectivity index (χ0n) is 15.0. The number of rotatable bonds is 5. The summed E-state index contributed by atoms with van der Waals surface area (Å²) in [6.07, 6.45) is 1.12. The molecule has 0 fully saturated rings. The quantitative estimate of drug-likeness (QED) is 0.726. The van der Waals surface area contributed by atoms with E-state index in [1.165, 1.54) is 0 Å². The van der Waals surface area contributed by atoms with Crippen molar-refractivity contribution in [1.29, 1.82) is 0 Å². The number of hydrogen-bond donors (Lipinski definition) is 2. The van der Waals surface area contributed by atoms with E-state index >= 15 is 0 Å². The van der Waals surface area contributed by atoms with Gasteiger partial charge in [0.2, 0.25) is 0 Å². The van der Waals surface area contributed by atoms with Crippen LogP contribution in [0.4, 0.5) is 5.69 Å². The number of benzene rings is 2. The minimum atomic E-state index is -0.700. The summed E-state index contributed by atoms with van der Waals surface area (Å²) in [6, 6.07) is 13.8. The minimum Gasteiger partial charge on any atom is -0.492 e. The van der Waals surface area contributed by atoms with Crippen LogP contribution in [0.3, 0.4) is 0 Å². The van der Waals surface area contributed by atoms with E-state index in [0.717, 1.165) is 16.3 Å². The van der Waals surface area contributed by atoms with Gasteiger partial charge in [0.05, 0.1) is 18.0 Å². The highest BCUT2D eigenvalue weighted by atomic mass is 16.5. The Hall–Kier alpha value is -3.61. The zero-order valence-corrected chi connectivity index (χ0v) is 15.0. The molecule has 0 saturated carbocycles. The van der Waals surface area contributed by atoms with Gasteiger partial charge in [0.15, 0.2) is 0 Å². The Bertz CT molecular complexity index is 1080. The van der Waals surface area contributed by atoms with E-state index in [1.807, 2.05) is 13.8 Å². The summed E-state index contributed by atoms with van der Waals surface area (Å²) in [6.45, 7) is 4.17. The summed E-state index contributed by atoms with van der Waals surface area (Å²) in [5.41, 5.74) is 0.322. The normalized spacial score (nSPS) is 10.4. The largest absolute Gasteiger partial charge is 0.492 e. The molecule has 7 heteroatoms. The van der Waals surface area contributed by atoms with Gasteiger partial charge >= 0.3 is 5.69 Å². The first kappa shape index (κ1) is 18.2. The molecule has 3 aromatic rings.